The van der Waals surface area contributed by atoms with Crippen molar-refractivity contribution in [2.24, 2.45) is 0 Å². The van der Waals surface area contributed by atoms with Gasteiger partial charge in [-0.25, -0.2) is 4.98 Å². The van der Waals surface area contributed by atoms with Crippen LogP contribution in [-0.4, -0.2) is 29.9 Å². The summed E-state index contributed by atoms with van der Waals surface area (Å²) in [6.07, 6.45) is 1.67. The third-order valence-electron chi connectivity index (χ3n) is 3.56. The molecule has 0 spiro atoms. The first-order valence-electron chi connectivity index (χ1n) is 7.75. The average molecular weight is 345 g/mol. The zero-order chi connectivity index (χ0) is 17.5. The Morgan fingerprint density at radius 2 is 2.00 bits per heavy atom. The number of nitrogens with zero attached hydrogens (tertiary/aromatic N) is 1. The highest BCUT2D eigenvalue weighted by molar-refractivity contribution is 7.80. The summed E-state index contributed by atoms with van der Waals surface area (Å²) >= 11 is 5.31. The topological polar surface area (TPSA) is 55.4 Å². The van der Waals surface area contributed by atoms with Crippen LogP contribution in [0.2, 0.25) is 0 Å². The van der Waals surface area contributed by atoms with Crippen LogP contribution in [0.5, 0.6) is 11.6 Å². The van der Waals surface area contributed by atoms with Gasteiger partial charge in [0.2, 0.25) is 5.88 Å². The van der Waals surface area contributed by atoms with Gasteiger partial charge in [-0.3, -0.25) is 0 Å². The second-order valence-electron chi connectivity index (χ2n) is 5.65. The van der Waals surface area contributed by atoms with Crippen LogP contribution in [0.3, 0.4) is 0 Å². The van der Waals surface area contributed by atoms with Gasteiger partial charge in [0.15, 0.2) is 5.11 Å². The number of aryl methyl sites for hydroxylation is 2. The van der Waals surface area contributed by atoms with Gasteiger partial charge >= 0.3 is 0 Å². The van der Waals surface area contributed by atoms with E-state index in [9.17, 15) is 0 Å². The molecule has 0 aliphatic rings. The molecule has 0 unspecified atom stereocenters. The van der Waals surface area contributed by atoms with Gasteiger partial charge in [0.25, 0.3) is 0 Å². The van der Waals surface area contributed by atoms with Crippen molar-refractivity contribution in [3.05, 3.63) is 47.7 Å². The maximum absolute atomic E-state index is 5.81. The Morgan fingerprint density at radius 3 is 2.62 bits per heavy atom. The smallest absolute Gasteiger partial charge is 0.213 e. The first-order valence-corrected chi connectivity index (χ1v) is 8.16. The molecule has 24 heavy (non-hydrogen) atoms. The molecule has 5 nitrogen and oxygen atoms in total. The summed E-state index contributed by atoms with van der Waals surface area (Å²) in [5.41, 5.74) is 3.28. The SMILES string of the molecule is COc1ccc(NC(=S)N[C@H](C)COc2ccc(C)c(C)c2)cn1. The Hall–Kier alpha value is -2.34. The van der Waals surface area contributed by atoms with Gasteiger partial charge in [-0.05, 0) is 62.3 Å². The standard InChI is InChI=1S/C18H23N3O2S/c1-12-5-7-16(9-13(12)2)23-11-14(3)20-18(24)21-15-6-8-17(22-4)19-10-15/h5-10,14H,11H2,1-4H3,(H2,20,21,24)/t14-/m1/s1. The molecule has 0 saturated carbocycles. The number of rotatable bonds is 6. The van der Waals surface area contributed by atoms with Gasteiger partial charge in [0.05, 0.1) is 25.0 Å². The van der Waals surface area contributed by atoms with Crippen LogP contribution in [-0.2, 0) is 0 Å². The molecule has 128 valence electrons. The Morgan fingerprint density at radius 1 is 1.21 bits per heavy atom. The number of nitrogens with one attached hydrogen (secondary N) is 2. The minimum Gasteiger partial charge on any atom is -0.491 e. The van der Waals surface area contributed by atoms with Crippen molar-refractivity contribution in [3.8, 4) is 11.6 Å². The summed E-state index contributed by atoms with van der Waals surface area (Å²) in [7, 11) is 1.58. The molecule has 2 rings (SSSR count). The van der Waals surface area contributed by atoms with E-state index in [0.717, 1.165) is 11.4 Å². The lowest BCUT2D eigenvalue weighted by Crippen LogP contribution is -2.39. The van der Waals surface area contributed by atoms with Crippen molar-refractivity contribution in [2.75, 3.05) is 19.0 Å². The summed E-state index contributed by atoms with van der Waals surface area (Å²) in [6, 6.07) is 9.78. The lowest BCUT2D eigenvalue weighted by molar-refractivity contribution is 0.287. The summed E-state index contributed by atoms with van der Waals surface area (Å²) in [6.45, 7) is 6.69. The van der Waals surface area contributed by atoms with Gasteiger partial charge in [0, 0.05) is 6.07 Å². The minimum atomic E-state index is 0.0674. The molecule has 1 aromatic heterocycles. The summed E-state index contributed by atoms with van der Waals surface area (Å²) in [5, 5.41) is 6.80. The summed E-state index contributed by atoms with van der Waals surface area (Å²) in [4.78, 5) is 4.12. The Balaban J connectivity index is 1.79. The molecule has 0 fully saturated rings. The van der Waals surface area contributed by atoms with Crippen LogP contribution in [0.1, 0.15) is 18.1 Å². The van der Waals surface area contributed by atoms with Crippen molar-refractivity contribution < 1.29 is 9.47 Å². The number of hydrogen-bond acceptors (Lipinski definition) is 4. The molecular weight excluding hydrogens is 322 g/mol. The fraction of sp³-hybridized carbons (Fsp3) is 0.333. The molecule has 0 radical (unpaired) electrons. The molecule has 1 atom stereocenters. The number of aromatic nitrogens is 1. The van der Waals surface area contributed by atoms with E-state index in [2.05, 4.69) is 35.5 Å². The van der Waals surface area contributed by atoms with Crippen LogP contribution < -0.4 is 20.1 Å². The number of anilines is 1. The molecule has 0 bridgehead atoms. The zero-order valence-electron chi connectivity index (χ0n) is 14.4. The maximum Gasteiger partial charge on any atom is 0.213 e. The van der Waals surface area contributed by atoms with Gasteiger partial charge in [0.1, 0.15) is 12.4 Å². The maximum atomic E-state index is 5.81. The zero-order valence-corrected chi connectivity index (χ0v) is 15.2. The van der Waals surface area contributed by atoms with Crippen LogP contribution in [0, 0.1) is 13.8 Å². The highest BCUT2D eigenvalue weighted by Crippen LogP contribution is 2.16. The third-order valence-corrected chi connectivity index (χ3v) is 3.78. The predicted molar refractivity (Wildman–Crippen MR) is 101 cm³/mol. The predicted octanol–water partition coefficient (Wildman–Crippen LogP) is 3.46. The van der Waals surface area contributed by atoms with Crippen molar-refractivity contribution in [3.63, 3.8) is 0 Å². The fourth-order valence-corrected chi connectivity index (χ4v) is 2.35. The van der Waals surface area contributed by atoms with E-state index in [1.807, 2.05) is 25.1 Å². The number of ether oxygens (including phenoxy) is 2. The Kier molecular flexibility index (Phi) is 6.37. The van der Waals surface area contributed by atoms with Gasteiger partial charge < -0.3 is 20.1 Å². The summed E-state index contributed by atoms with van der Waals surface area (Å²) in [5.74, 6) is 1.43. The van der Waals surface area contributed by atoms with E-state index in [1.54, 1.807) is 19.4 Å². The van der Waals surface area contributed by atoms with E-state index in [0.29, 0.717) is 17.6 Å². The molecule has 0 aliphatic heterocycles. The van der Waals surface area contributed by atoms with Crippen LogP contribution >= 0.6 is 12.2 Å². The quantitative estimate of drug-likeness (QED) is 0.782. The number of hydrogen-bond donors (Lipinski definition) is 2. The lowest BCUT2D eigenvalue weighted by Gasteiger charge is -2.18. The van der Waals surface area contributed by atoms with E-state index >= 15 is 0 Å². The summed E-state index contributed by atoms with van der Waals surface area (Å²) < 4.78 is 10.8. The first kappa shape index (κ1) is 18.0. The van der Waals surface area contributed by atoms with Crippen molar-refractivity contribution in [2.45, 2.75) is 26.8 Å². The number of pyridine rings is 1. The van der Waals surface area contributed by atoms with E-state index < -0.39 is 0 Å². The molecule has 0 saturated heterocycles. The van der Waals surface area contributed by atoms with E-state index in [4.69, 9.17) is 21.7 Å². The van der Waals surface area contributed by atoms with Crippen LogP contribution in [0.15, 0.2) is 36.5 Å². The van der Waals surface area contributed by atoms with Gasteiger partial charge in [-0.2, -0.15) is 0 Å². The number of methoxy groups -OCH3 is 1. The second kappa shape index (κ2) is 8.49. The minimum absolute atomic E-state index is 0.0674. The van der Waals surface area contributed by atoms with Crippen molar-refractivity contribution >= 4 is 23.0 Å². The second-order valence-corrected chi connectivity index (χ2v) is 6.05. The highest BCUT2D eigenvalue weighted by atomic mass is 32.1. The largest absolute Gasteiger partial charge is 0.491 e. The molecule has 0 aliphatic carbocycles. The number of benzene rings is 1. The third kappa shape index (κ3) is 5.38. The average Bonchev–Trinajstić information content (AvgIpc) is 2.56. The number of thiocarbonyl (C=S) groups is 1. The Labute approximate surface area is 148 Å². The van der Waals surface area contributed by atoms with E-state index in [-0.39, 0.29) is 6.04 Å². The van der Waals surface area contributed by atoms with Crippen LogP contribution in [0.25, 0.3) is 0 Å². The molecule has 2 N–H and O–H groups in total. The van der Waals surface area contributed by atoms with Crippen molar-refractivity contribution in [1.29, 1.82) is 0 Å². The molecular formula is C18H23N3O2S. The fourth-order valence-electron chi connectivity index (χ4n) is 2.03. The molecule has 2 aromatic rings. The molecule has 1 aromatic carbocycles. The molecule has 6 heteroatoms. The first-order chi connectivity index (χ1) is 11.5. The van der Waals surface area contributed by atoms with Crippen LogP contribution in [0.4, 0.5) is 5.69 Å². The van der Waals surface area contributed by atoms with E-state index in [1.165, 1.54) is 11.1 Å². The lowest BCUT2D eigenvalue weighted by atomic mass is 10.1. The monoisotopic (exact) mass is 345 g/mol. The molecule has 0 amide bonds. The normalized spacial score (nSPS) is 11.5. The van der Waals surface area contributed by atoms with Gasteiger partial charge in [-0.1, -0.05) is 6.07 Å². The molecule has 1 heterocycles. The van der Waals surface area contributed by atoms with Gasteiger partial charge in [-0.15, -0.1) is 0 Å². The van der Waals surface area contributed by atoms with Crippen molar-refractivity contribution in [1.82, 2.24) is 10.3 Å². The highest BCUT2D eigenvalue weighted by Gasteiger charge is 2.06. The Bertz CT molecular complexity index is 689.